The summed E-state index contributed by atoms with van der Waals surface area (Å²) in [6, 6.07) is 0. The standard InChI is InChI=1S/C9H12ClN3O4S3/c1-12(4-6-19(2,14)15)20(16,17)8-7(10)11-9-13(8)3-5-18-9/h3,5H,4,6H2,1-2H3. The number of fused-ring (bicyclic) bond motifs is 1. The van der Waals surface area contributed by atoms with Gasteiger partial charge in [-0.15, -0.1) is 11.3 Å². The predicted molar refractivity (Wildman–Crippen MR) is 77.6 cm³/mol. The SMILES string of the molecule is CN(CCS(C)(=O)=O)S(=O)(=O)c1c(Cl)nc2sccn12. The Hall–Kier alpha value is -0.680. The zero-order chi connectivity index (χ0) is 15.1. The highest BCUT2D eigenvalue weighted by Crippen LogP contribution is 2.27. The van der Waals surface area contributed by atoms with Gasteiger partial charge in [-0.1, -0.05) is 11.6 Å². The Bertz CT molecular complexity index is 837. The van der Waals surface area contributed by atoms with E-state index in [1.165, 1.54) is 22.8 Å². The molecule has 0 aliphatic carbocycles. The Kier molecular flexibility index (Phi) is 4.13. The molecular weight excluding hydrogens is 346 g/mol. The number of hydrogen-bond acceptors (Lipinski definition) is 6. The van der Waals surface area contributed by atoms with Gasteiger partial charge in [0.1, 0.15) is 9.84 Å². The van der Waals surface area contributed by atoms with Gasteiger partial charge in [0.25, 0.3) is 10.0 Å². The predicted octanol–water partition coefficient (Wildman–Crippen LogP) is 0.714. The topological polar surface area (TPSA) is 88.8 Å². The van der Waals surface area contributed by atoms with Crippen molar-refractivity contribution in [1.82, 2.24) is 13.7 Å². The number of nitrogens with zero attached hydrogens (tertiary/aromatic N) is 3. The summed E-state index contributed by atoms with van der Waals surface area (Å²) in [5.41, 5.74) is 0. The summed E-state index contributed by atoms with van der Waals surface area (Å²) in [5, 5.41) is 1.42. The van der Waals surface area contributed by atoms with Crippen LogP contribution in [-0.4, -0.2) is 56.1 Å². The third kappa shape index (κ3) is 2.98. The molecule has 0 amide bonds. The van der Waals surface area contributed by atoms with Gasteiger partial charge in [-0.2, -0.15) is 4.31 Å². The van der Waals surface area contributed by atoms with E-state index in [-0.39, 0.29) is 22.5 Å². The Balaban J connectivity index is 2.39. The van der Waals surface area contributed by atoms with Crippen molar-refractivity contribution in [3.05, 3.63) is 16.7 Å². The second-order valence-electron chi connectivity index (χ2n) is 4.22. The maximum atomic E-state index is 12.4. The van der Waals surface area contributed by atoms with Crippen LogP contribution in [0.1, 0.15) is 0 Å². The van der Waals surface area contributed by atoms with E-state index in [1.54, 1.807) is 11.6 Å². The summed E-state index contributed by atoms with van der Waals surface area (Å²) in [7, 11) is -5.84. The van der Waals surface area contributed by atoms with Gasteiger partial charge in [0.15, 0.2) is 15.1 Å². The lowest BCUT2D eigenvalue weighted by Gasteiger charge is -2.16. The lowest BCUT2D eigenvalue weighted by Crippen LogP contribution is -2.32. The lowest BCUT2D eigenvalue weighted by molar-refractivity contribution is 0.481. The summed E-state index contributed by atoms with van der Waals surface area (Å²) < 4.78 is 49.4. The van der Waals surface area contributed by atoms with Crippen LogP contribution >= 0.6 is 22.9 Å². The minimum Gasteiger partial charge on any atom is -0.279 e. The van der Waals surface area contributed by atoms with Gasteiger partial charge in [-0.05, 0) is 0 Å². The molecule has 0 unspecified atom stereocenters. The first-order valence-corrected chi connectivity index (χ1v) is 10.1. The summed E-state index contributed by atoms with van der Waals surface area (Å²) in [6.07, 6.45) is 2.60. The van der Waals surface area contributed by atoms with E-state index < -0.39 is 19.9 Å². The highest BCUT2D eigenvalue weighted by Gasteiger charge is 2.29. The quantitative estimate of drug-likeness (QED) is 0.786. The third-order valence-electron chi connectivity index (χ3n) is 2.61. The molecule has 0 saturated heterocycles. The van der Waals surface area contributed by atoms with Gasteiger partial charge in [-0.25, -0.2) is 21.8 Å². The second kappa shape index (κ2) is 5.26. The Labute approximate surface area is 125 Å². The van der Waals surface area contributed by atoms with E-state index in [0.717, 1.165) is 10.6 Å². The smallest absolute Gasteiger partial charge is 0.262 e. The molecule has 7 nitrogen and oxygen atoms in total. The molecule has 2 aromatic heterocycles. The molecule has 0 bridgehead atoms. The lowest BCUT2D eigenvalue weighted by atomic mass is 10.8. The van der Waals surface area contributed by atoms with Gasteiger partial charge in [0.05, 0.1) is 5.75 Å². The minimum absolute atomic E-state index is 0.122. The fraction of sp³-hybridized carbons (Fsp3) is 0.444. The van der Waals surface area contributed by atoms with Crippen molar-refractivity contribution in [3.8, 4) is 0 Å². The Morgan fingerprint density at radius 2 is 2.05 bits per heavy atom. The van der Waals surface area contributed by atoms with Crippen LogP contribution in [0.25, 0.3) is 4.96 Å². The summed E-state index contributed by atoms with van der Waals surface area (Å²) in [6.45, 7) is -0.144. The van der Waals surface area contributed by atoms with Crippen LogP contribution in [0.3, 0.4) is 0 Å². The first-order chi connectivity index (χ1) is 9.13. The maximum absolute atomic E-state index is 12.4. The molecule has 0 N–H and O–H groups in total. The van der Waals surface area contributed by atoms with Gasteiger partial charge in [0, 0.05) is 31.4 Å². The van der Waals surface area contributed by atoms with Crippen molar-refractivity contribution in [2.75, 3.05) is 25.6 Å². The highest BCUT2D eigenvalue weighted by atomic mass is 35.5. The van der Waals surface area contributed by atoms with Crippen molar-refractivity contribution in [2.45, 2.75) is 5.03 Å². The monoisotopic (exact) mass is 357 g/mol. The van der Waals surface area contributed by atoms with Gasteiger partial charge < -0.3 is 0 Å². The summed E-state index contributed by atoms with van der Waals surface area (Å²) in [4.78, 5) is 4.42. The van der Waals surface area contributed by atoms with Crippen molar-refractivity contribution >= 4 is 47.8 Å². The van der Waals surface area contributed by atoms with E-state index in [0.29, 0.717) is 4.96 Å². The molecule has 2 aromatic rings. The number of aromatic nitrogens is 2. The molecule has 0 aromatic carbocycles. The van der Waals surface area contributed by atoms with Crippen molar-refractivity contribution < 1.29 is 16.8 Å². The first kappa shape index (κ1) is 15.7. The zero-order valence-corrected chi connectivity index (χ0v) is 13.9. The first-order valence-electron chi connectivity index (χ1n) is 5.38. The molecule has 0 saturated carbocycles. The number of sulfonamides is 1. The van der Waals surface area contributed by atoms with E-state index in [4.69, 9.17) is 11.6 Å². The van der Waals surface area contributed by atoms with Gasteiger partial charge >= 0.3 is 0 Å². The highest BCUT2D eigenvalue weighted by molar-refractivity contribution is 7.91. The van der Waals surface area contributed by atoms with Crippen LogP contribution in [0.5, 0.6) is 0 Å². The molecule has 2 rings (SSSR count). The minimum atomic E-state index is -3.90. The molecule has 20 heavy (non-hydrogen) atoms. The van der Waals surface area contributed by atoms with E-state index in [9.17, 15) is 16.8 Å². The van der Waals surface area contributed by atoms with E-state index in [1.807, 2.05) is 0 Å². The number of hydrogen-bond donors (Lipinski definition) is 0. The molecule has 2 heterocycles. The van der Waals surface area contributed by atoms with Gasteiger partial charge in [0.2, 0.25) is 0 Å². The molecule has 0 fully saturated rings. The molecular formula is C9H12ClN3O4S3. The summed E-state index contributed by atoms with van der Waals surface area (Å²) in [5.74, 6) is -0.258. The van der Waals surface area contributed by atoms with Crippen LogP contribution in [0.4, 0.5) is 0 Å². The van der Waals surface area contributed by atoms with Crippen molar-refractivity contribution in [1.29, 1.82) is 0 Å². The zero-order valence-electron chi connectivity index (χ0n) is 10.6. The Morgan fingerprint density at radius 3 is 2.65 bits per heavy atom. The van der Waals surface area contributed by atoms with Crippen molar-refractivity contribution in [3.63, 3.8) is 0 Å². The number of rotatable bonds is 5. The van der Waals surface area contributed by atoms with Crippen LogP contribution < -0.4 is 0 Å². The molecule has 0 spiro atoms. The number of imidazole rings is 1. The largest absolute Gasteiger partial charge is 0.279 e. The molecule has 0 radical (unpaired) electrons. The number of halogens is 1. The van der Waals surface area contributed by atoms with E-state index >= 15 is 0 Å². The van der Waals surface area contributed by atoms with Crippen LogP contribution in [0, 0.1) is 0 Å². The van der Waals surface area contributed by atoms with Crippen LogP contribution in [0.2, 0.25) is 5.15 Å². The molecule has 11 heteroatoms. The molecule has 0 atom stereocenters. The molecule has 0 aliphatic heterocycles. The van der Waals surface area contributed by atoms with Crippen molar-refractivity contribution in [2.24, 2.45) is 0 Å². The third-order valence-corrected chi connectivity index (χ3v) is 6.55. The molecule has 112 valence electrons. The fourth-order valence-electron chi connectivity index (χ4n) is 1.53. The van der Waals surface area contributed by atoms with Crippen LogP contribution in [-0.2, 0) is 19.9 Å². The Morgan fingerprint density at radius 1 is 1.40 bits per heavy atom. The van der Waals surface area contributed by atoms with Gasteiger partial charge in [-0.3, -0.25) is 4.40 Å². The number of sulfone groups is 1. The second-order valence-corrected chi connectivity index (χ2v) is 9.67. The average Bonchev–Trinajstić information content (AvgIpc) is 2.83. The summed E-state index contributed by atoms with van der Waals surface area (Å²) >= 11 is 7.13. The fourth-order valence-corrected chi connectivity index (χ4v) is 4.82. The molecule has 0 aliphatic rings. The average molecular weight is 358 g/mol. The maximum Gasteiger partial charge on any atom is 0.262 e. The van der Waals surface area contributed by atoms with E-state index in [2.05, 4.69) is 4.98 Å². The normalized spacial score (nSPS) is 13.4. The van der Waals surface area contributed by atoms with Crippen LogP contribution in [0.15, 0.2) is 16.6 Å². The number of thiazole rings is 1.